The van der Waals surface area contributed by atoms with Gasteiger partial charge in [0.2, 0.25) is 5.82 Å². The monoisotopic (exact) mass is 389 g/mol. The lowest BCUT2D eigenvalue weighted by atomic mass is 9.98. The van der Waals surface area contributed by atoms with E-state index in [1.54, 1.807) is 18.4 Å². The van der Waals surface area contributed by atoms with Crippen LogP contribution in [0.2, 0.25) is 0 Å². The zero-order valence-electron chi connectivity index (χ0n) is 17.7. The molecule has 1 fully saturated rings. The fraction of sp³-hybridized carbons (Fsp3) is 0.700. The van der Waals surface area contributed by atoms with Crippen LogP contribution >= 0.6 is 0 Å². The van der Waals surface area contributed by atoms with E-state index in [0.29, 0.717) is 24.8 Å². The molecule has 0 radical (unpaired) electrons. The standard InChI is InChI=1S/C20H32N6O2/c1-6-20(4,5)26-18(21-22-23-26)16(14-15(2)3)24-9-11-25(12-10-24)19(27)17-8-7-13-28-17/h7-8,13,15-16H,6,9-12,14H2,1-5H3/p+1/t16-/m0/s1. The van der Waals surface area contributed by atoms with Crippen LogP contribution < -0.4 is 4.90 Å². The van der Waals surface area contributed by atoms with Gasteiger partial charge >= 0.3 is 0 Å². The highest BCUT2D eigenvalue weighted by Crippen LogP contribution is 2.24. The Bertz CT molecular complexity index is 760. The zero-order valence-corrected chi connectivity index (χ0v) is 17.7. The molecule has 1 amide bonds. The normalized spacial score (nSPS) is 17.3. The van der Waals surface area contributed by atoms with Gasteiger partial charge in [-0.25, -0.2) is 4.68 Å². The topological polar surface area (TPSA) is 81.5 Å². The number of hydrogen-bond donors (Lipinski definition) is 1. The average Bonchev–Trinajstić information content (AvgIpc) is 3.37. The van der Waals surface area contributed by atoms with Crippen LogP contribution in [0.3, 0.4) is 0 Å². The van der Waals surface area contributed by atoms with Crippen molar-refractivity contribution in [2.75, 3.05) is 26.2 Å². The summed E-state index contributed by atoms with van der Waals surface area (Å²) in [5.41, 5.74) is -0.120. The maximum absolute atomic E-state index is 12.6. The minimum absolute atomic E-state index is 0.0265. The maximum atomic E-state index is 12.6. The number of nitrogens with zero attached hydrogens (tertiary/aromatic N) is 5. The minimum atomic E-state index is -0.120. The second kappa shape index (κ2) is 8.43. The van der Waals surface area contributed by atoms with Crippen molar-refractivity contribution >= 4 is 5.91 Å². The van der Waals surface area contributed by atoms with Gasteiger partial charge in [0.1, 0.15) is 0 Å². The van der Waals surface area contributed by atoms with E-state index in [1.807, 2.05) is 9.58 Å². The van der Waals surface area contributed by atoms with E-state index in [0.717, 1.165) is 31.8 Å². The Balaban J connectivity index is 1.76. The van der Waals surface area contributed by atoms with Crippen molar-refractivity contribution in [3.63, 3.8) is 0 Å². The number of furan rings is 1. The van der Waals surface area contributed by atoms with Crippen molar-refractivity contribution < 1.29 is 14.1 Å². The molecule has 1 atom stereocenters. The number of carbonyl (C=O) groups is 1. The SMILES string of the molecule is CCC(C)(C)n1nnnc1[C@H](CC(C)C)[NH+]1CCN(C(=O)c2ccco2)CC1. The number of amides is 1. The summed E-state index contributed by atoms with van der Waals surface area (Å²) in [6.07, 6.45) is 3.52. The van der Waals surface area contributed by atoms with Crippen LogP contribution in [0.1, 0.15) is 69.9 Å². The van der Waals surface area contributed by atoms with Gasteiger partial charge in [-0.15, -0.1) is 5.10 Å². The first-order valence-corrected chi connectivity index (χ1v) is 10.3. The van der Waals surface area contributed by atoms with Gasteiger partial charge in [0.25, 0.3) is 5.91 Å². The summed E-state index contributed by atoms with van der Waals surface area (Å²) < 4.78 is 7.28. The number of quaternary nitrogens is 1. The third-order valence-corrected chi connectivity index (χ3v) is 5.87. The highest BCUT2D eigenvalue weighted by Gasteiger charge is 2.37. The summed E-state index contributed by atoms with van der Waals surface area (Å²) in [6.45, 7) is 14.2. The molecular weight excluding hydrogens is 356 g/mol. The van der Waals surface area contributed by atoms with Gasteiger partial charge in [0, 0.05) is 6.42 Å². The lowest BCUT2D eigenvalue weighted by Crippen LogP contribution is -3.15. The number of piperazine rings is 1. The number of hydrogen-bond acceptors (Lipinski definition) is 5. The number of rotatable bonds is 7. The molecule has 0 aromatic carbocycles. The van der Waals surface area contributed by atoms with E-state index in [2.05, 4.69) is 50.1 Å². The van der Waals surface area contributed by atoms with Crippen LogP contribution in [0.5, 0.6) is 0 Å². The number of nitrogens with one attached hydrogen (secondary N) is 1. The Hall–Kier alpha value is -2.22. The van der Waals surface area contributed by atoms with Crippen molar-refractivity contribution in [2.24, 2.45) is 5.92 Å². The van der Waals surface area contributed by atoms with Crippen LogP contribution in [-0.2, 0) is 5.54 Å². The molecule has 3 heterocycles. The molecule has 28 heavy (non-hydrogen) atoms. The number of carbonyl (C=O) groups excluding carboxylic acids is 1. The smallest absolute Gasteiger partial charge is 0.289 e. The summed E-state index contributed by atoms with van der Waals surface area (Å²) in [6, 6.07) is 3.70. The first-order chi connectivity index (χ1) is 13.3. The van der Waals surface area contributed by atoms with Crippen molar-refractivity contribution in [1.29, 1.82) is 0 Å². The quantitative estimate of drug-likeness (QED) is 0.777. The van der Waals surface area contributed by atoms with E-state index >= 15 is 0 Å². The molecule has 8 heteroatoms. The summed E-state index contributed by atoms with van der Waals surface area (Å²) >= 11 is 0. The van der Waals surface area contributed by atoms with Crippen LogP contribution in [0.15, 0.2) is 22.8 Å². The Morgan fingerprint density at radius 3 is 2.61 bits per heavy atom. The maximum Gasteiger partial charge on any atom is 0.289 e. The summed E-state index contributed by atoms with van der Waals surface area (Å²) in [5, 5.41) is 12.8. The molecule has 154 valence electrons. The highest BCUT2D eigenvalue weighted by molar-refractivity contribution is 5.91. The van der Waals surface area contributed by atoms with Gasteiger partial charge in [-0.05, 0) is 48.7 Å². The second-order valence-corrected chi connectivity index (χ2v) is 8.72. The predicted molar refractivity (Wildman–Crippen MR) is 105 cm³/mol. The minimum Gasteiger partial charge on any atom is -0.459 e. The molecule has 2 aromatic rings. The first kappa shape index (κ1) is 20.5. The molecule has 2 aromatic heterocycles. The molecule has 0 spiro atoms. The van der Waals surface area contributed by atoms with Crippen molar-refractivity contribution in [3.8, 4) is 0 Å². The summed E-state index contributed by atoms with van der Waals surface area (Å²) in [5.74, 6) is 1.88. The van der Waals surface area contributed by atoms with Crippen LogP contribution in [-0.4, -0.2) is 57.2 Å². The molecule has 3 rings (SSSR count). The van der Waals surface area contributed by atoms with Crippen molar-refractivity contribution in [2.45, 2.75) is 59.0 Å². The molecular formula is C20H33N6O2+. The average molecular weight is 390 g/mol. The van der Waals surface area contributed by atoms with Gasteiger partial charge in [-0.1, -0.05) is 20.8 Å². The molecule has 1 N–H and O–H groups in total. The van der Waals surface area contributed by atoms with Crippen LogP contribution in [0.25, 0.3) is 0 Å². The second-order valence-electron chi connectivity index (χ2n) is 8.72. The zero-order chi connectivity index (χ0) is 20.3. The van der Waals surface area contributed by atoms with E-state index in [4.69, 9.17) is 4.42 Å². The van der Waals surface area contributed by atoms with Crippen LogP contribution in [0, 0.1) is 5.92 Å². The Labute approximate surface area is 166 Å². The van der Waals surface area contributed by atoms with Crippen molar-refractivity contribution in [3.05, 3.63) is 30.0 Å². The third kappa shape index (κ3) is 4.27. The predicted octanol–water partition coefficient (Wildman–Crippen LogP) is 1.54. The van der Waals surface area contributed by atoms with Gasteiger partial charge in [-0.2, -0.15) is 0 Å². The van der Waals surface area contributed by atoms with E-state index < -0.39 is 0 Å². The molecule has 0 unspecified atom stereocenters. The summed E-state index contributed by atoms with van der Waals surface area (Å²) in [4.78, 5) is 15.9. The summed E-state index contributed by atoms with van der Waals surface area (Å²) in [7, 11) is 0. The molecule has 8 nitrogen and oxygen atoms in total. The van der Waals surface area contributed by atoms with Gasteiger partial charge in [0.05, 0.1) is 38.0 Å². The molecule has 0 bridgehead atoms. The Morgan fingerprint density at radius 2 is 2.04 bits per heavy atom. The van der Waals surface area contributed by atoms with Gasteiger partial charge in [0.15, 0.2) is 11.8 Å². The number of tetrazole rings is 1. The fourth-order valence-electron chi connectivity index (χ4n) is 3.82. The van der Waals surface area contributed by atoms with E-state index in [-0.39, 0.29) is 17.5 Å². The van der Waals surface area contributed by atoms with Gasteiger partial charge < -0.3 is 14.2 Å². The molecule has 0 aliphatic carbocycles. The third-order valence-electron chi connectivity index (χ3n) is 5.87. The van der Waals surface area contributed by atoms with Crippen molar-refractivity contribution in [1.82, 2.24) is 25.1 Å². The van der Waals surface area contributed by atoms with E-state index in [1.165, 1.54) is 4.90 Å². The molecule has 1 aliphatic heterocycles. The Morgan fingerprint density at radius 1 is 1.32 bits per heavy atom. The lowest BCUT2D eigenvalue weighted by Gasteiger charge is -2.37. The van der Waals surface area contributed by atoms with E-state index in [9.17, 15) is 4.79 Å². The molecule has 1 aliphatic rings. The molecule has 1 saturated heterocycles. The first-order valence-electron chi connectivity index (χ1n) is 10.3. The molecule has 0 saturated carbocycles. The Kier molecular flexibility index (Phi) is 6.17. The lowest BCUT2D eigenvalue weighted by molar-refractivity contribution is -0.937. The number of aromatic nitrogens is 4. The fourth-order valence-corrected chi connectivity index (χ4v) is 3.82. The van der Waals surface area contributed by atoms with Gasteiger partial charge in [-0.3, -0.25) is 4.79 Å². The highest BCUT2D eigenvalue weighted by atomic mass is 16.3. The van der Waals surface area contributed by atoms with Crippen LogP contribution in [0.4, 0.5) is 0 Å². The largest absolute Gasteiger partial charge is 0.459 e.